The van der Waals surface area contributed by atoms with Crippen LogP contribution in [0.1, 0.15) is 0 Å². The molecule has 72 valence electrons. The van der Waals surface area contributed by atoms with Gasteiger partial charge in [0.05, 0.1) is 6.20 Å². The lowest BCUT2D eigenvalue weighted by molar-refractivity contribution is 0.447. The van der Waals surface area contributed by atoms with Crippen LogP contribution in [0.5, 0.6) is 0 Å². The molecule has 2 rings (SSSR count). The highest BCUT2D eigenvalue weighted by Gasteiger charge is 2.12. The highest BCUT2D eigenvalue weighted by molar-refractivity contribution is 5.56. The molecule has 14 heavy (non-hydrogen) atoms. The van der Waals surface area contributed by atoms with Gasteiger partial charge in [0, 0.05) is 5.56 Å². The van der Waals surface area contributed by atoms with E-state index in [-0.39, 0.29) is 11.3 Å². The van der Waals surface area contributed by atoms with Crippen LogP contribution in [0, 0.1) is 17.5 Å². The van der Waals surface area contributed by atoms with E-state index in [0.717, 1.165) is 18.5 Å². The van der Waals surface area contributed by atoms with Crippen molar-refractivity contribution in [1.82, 2.24) is 4.98 Å². The van der Waals surface area contributed by atoms with Crippen LogP contribution in [-0.4, -0.2) is 4.98 Å². The van der Waals surface area contributed by atoms with Crippen LogP contribution in [0.3, 0.4) is 0 Å². The summed E-state index contributed by atoms with van der Waals surface area (Å²) in [6.45, 7) is 0. The van der Waals surface area contributed by atoms with E-state index in [4.69, 9.17) is 4.42 Å². The molecule has 0 saturated carbocycles. The summed E-state index contributed by atoms with van der Waals surface area (Å²) in [4.78, 5) is 3.58. The van der Waals surface area contributed by atoms with Crippen molar-refractivity contribution in [3.63, 3.8) is 0 Å². The molecule has 0 bridgehead atoms. The zero-order valence-electron chi connectivity index (χ0n) is 6.80. The van der Waals surface area contributed by atoms with Crippen LogP contribution in [0.2, 0.25) is 0 Å². The van der Waals surface area contributed by atoms with Gasteiger partial charge in [0.25, 0.3) is 0 Å². The molecule has 2 aromatic rings. The molecule has 0 aliphatic rings. The Balaban J connectivity index is 2.57. The molecule has 0 fully saturated rings. The van der Waals surface area contributed by atoms with Gasteiger partial charge in [0.2, 0.25) is 0 Å². The fourth-order valence-electron chi connectivity index (χ4n) is 1.06. The second kappa shape index (κ2) is 3.17. The quantitative estimate of drug-likeness (QED) is 0.660. The van der Waals surface area contributed by atoms with E-state index in [1.165, 1.54) is 6.20 Å². The molecule has 1 aromatic carbocycles. The van der Waals surface area contributed by atoms with E-state index in [2.05, 4.69) is 4.98 Å². The van der Waals surface area contributed by atoms with Crippen LogP contribution >= 0.6 is 0 Å². The molecule has 0 radical (unpaired) electrons. The predicted molar refractivity (Wildman–Crippen MR) is 41.8 cm³/mol. The standard InChI is InChI=1S/C9H4F3NO/c10-6-1-5(2-7(11)9(6)12)8-3-13-4-14-8/h1-4H. The third-order valence-corrected chi connectivity index (χ3v) is 1.70. The van der Waals surface area contributed by atoms with E-state index in [1.54, 1.807) is 0 Å². The van der Waals surface area contributed by atoms with Crippen LogP contribution in [0.4, 0.5) is 13.2 Å². The molecular formula is C9H4F3NO. The third-order valence-electron chi connectivity index (χ3n) is 1.70. The Bertz CT molecular complexity index is 430. The molecule has 0 atom stereocenters. The van der Waals surface area contributed by atoms with Crippen molar-refractivity contribution in [3.8, 4) is 11.3 Å². The molecule has 0 amide bonds. The van der Waals surface area contributed by atoms with Crippen molar-refractivity contribution in [2.75, 3.05) is 0 Å². The van der Waals surface area contributed by atoms with Gasteiger partial charge in [-0.05, 0) is 12.1 Å². The van der Waals surface area contributed by atoms with Crippen molar-refractivity contribution >= 4 is 0 Å². The lowest BCUT2D eigenvalue weighted by atomic mass is 10.1. The van der Waals surface area contributed by atoms with Crippen molar-refractivity contribution < 1.29 is 17.6 Å². The minimum Gasteiger partial charge on any atom is -0.444 e. The molecule has 1 heterocycles. The zero-order chi connectivity index (χ0) is 10.1. The molecule has 5 heteroatoms. The molecule has 0 saturated heterocycles. The minimum atomic E-state index is -1.49. The Morgan fingerprint density at radius 2 is 1.71 bits per heavy atom. The van der Waals surface area contributed by atoms with E-state index in [9.17, 15) is 13.2 Å². The fourth-order valence-corrected chi connectivity index (χ4v) is 1.06. The highest BCUT2D eigenvalue weighted by Crippen LogP contribution is 2.22. The summed E-state index contributed by atoms with van der Waals surface area (Å²) in [5.74, 6) is -3.82. The van der Waals surface area contributed by atoms with Crippen LogP contribution in [0.15, 0.2) is 29.1 Å². The minimum absolute atomic E-state index is 0.110. The Hall–Kier alpha value is -1.78. The average molecular weight is 199 g/mol. The molecule has 1 aromatic heterocycles. The van der Waals surface area contributed by atoms with Gasteiger partial charge in [-0.3, -0.25) is 0 Å². The average Bonchev–Trinajstić information content (AvgIpc) is 2.66. The van der Waals surface area contributed by atoms with Crippen molar-refractivity contribution in [2.24, 2.45) is 0 Å². The smallest absolute Gasteiger partial charge is 0.194 e. The van der Waals surface area contributed by atoms with Gasteiger partial charge in [-0.25, -0.2) is 18.2 Å². The number of benzene rings is 1. The first-order valence-electron chi connectivity index (χ1n) is 3.72. The first-order valence-corrected chi connectivity index (χ1v) is 3.72. The maximum Gasteiger partial charge on any atom is 0.194 e. The van der Waals surface area contributed by atoms with Gasteiger partial charge < -0.3 is 4.42 Å². The maximum absolute atomic E-state index is 12.8. The first-order chi connectivity index (χ1) is 6.68. The molecule has 0 aliphatic heterocycles. The summed E-state index contributed by atoms with van der Waals surface area (Å²) < 4.78 is 42.9. The molecule has 0 N–H and O–H groups in total. The Kier molecular flexibility index (Phi) is 1.99. The van der Waals surface area contributed by atoms with Crippen molar-refractivity contribution in [2.45, 2.75) is 0 Å². The summed E-state index contributed by atoms with van der Waals surface area (Å²) in [7, 11) is 0. The molecular weight excluding hydrogens is 195 g/mol. The Morgan fingerprint density at radius 3 is 2.21 bits per heavy atom. The number of hydrogen-bond donors (Lipinski definition) is 0. The normalized spacial score (nSPS) is 10.5. The van der Waals surface area contributed by atoms with Crippen molar-refractivity contribution in [3.05, 3.63) is 42.2 Å². The lowest BCUT2D eigenvalue weighted by Gasteiger charge is -1.98. The summed E-state index contributed by atoms with van der Waals surface area (Å²) >= 11 is 0. The predicted octanol–water partition coefficient (Wildman–Crippen LogP) is 2.76. The first kappa shape index (κ1) is 8.80. The Labute approximate surface area is 77.0 Å². The monoisotopic (exact) mass is 199 g/mol. The van der Waals surface area contributed by atoms with E-state index >= 15 is 0 Å². The Morgan fingerprint density at radius 1 is 1.07 bits per heavy atom. The van der Waals surface area contributed by atoms with Crippen molar-refractivity contribution in [1.29, 1.82) is 0 Å². The van der Waals surface area contributed by atoms with Crippen LogP contribution in [-0.2, 0) is 0 Å². The number of halogens is 3. The van der Waals surface area contributed by atoms with Crippen LogP contribution in [0.25, 0.3) is 11.3 Å². The number of nitrogens with zero attached hydrogens (tertiary/aromatic N) is 1. The van der Waals surface area contributed by atoms with Gasteiger partial charge in [-0.15, -0.1) is 0 Å². The van der Waals surface area contributed by atoms with Gasteiger partial charge >= 0.3 is 0 Å². The number of rotatable bonds is 1. The molecule has 0 unspecified atom stereocenters. The second-order valence-electron chi connectivity index (χ2n) is 2.62. The van der Waals surface area contributed by atoms with Gasteiger partial charge in [0.1, 0.15) is 0 Å². The van der Waals surface area contributed by atoms with E-state index < -0.39 is 17.5 Å². The van der Waals surface area contributed by atoms with Gasteiger partial charge in [0.15, 0.2) is 29.6 Å². The van der Waals surface area contributed by atoms with Gasteiger partial charge in [-0.1, -0.05) is 0 Å². The topological polar surface area (TPSA) is 26.0 Å². The molecule has 0 spiro atoms. The zero-order valence-corrected chi connectivity index (χ0v) is 6.80. The van der Waals surface area contributed by atoms with E-state index in [0.29, 0.717) is 0 Å². The lowest BCUT2D eigenvalue weighted by Crippen LogP contribution is -1.90. The number of aromatic nitrogens is 1. The highest BCUT2D eigenvalue weighted by atomic mass is 19.2. The number of oxazole rings is 1. The van der Waals surface area contributed by atoms with E-state index in [1.807, 2.05) is 0 Å². The largest absolute Gasteiger partial charge is 0.444 e. The SMILES string of the molecule is Fc1cc(-c2cnco2)cc(F)c1F. The van der Waals surface area contributed by atoms with Crippen LogP contribution < -0.4 is 0 Å². The fraction of sp³-hybridized carbons (Fsp3) is 0. The molecule has 0 aliphatic carbocycles. The third kappa shape index (κ3) is 1.37. The summed E-state index contributed by atoms with van der Waals surface area (Å²) in [5, 5.41) is 0. The number of hydrogen-bond acceptors (Lipinski definition) is 2. The summed E-state index contributed by atoms with van der Waals surface area (Å²) in [5.41, 5.74) is 0.110. The maximum atomic E-state index is 12.8. The molecule has 2 nitrogen and oxygen atoms in total. The summed E-state index contributed by atoms with van der Waals surface area (Å²) in [6.07, 6.45) is 2.40. The second-order valence-corrected chi connectivity index (χ2v) is 2.62. The van der Waals surface area contributed by atoms with Gasteiger partial charge in [-0.2, -0.15) is 0 Å². The summed E-state index contributed by atoms with van der Waals surface area (Å²) in [6, 6.07) is 1.69.